The lowest BCUT2D eigenvalue weighted by atomic mass is 10.3. The van der Waals surface area contributed by atoms with Crippen LogP contribution >= 0.6 is 0 Å². The first kappa shape index (κ1) is 13.2. The Balaban J connectivity index is 2.56. The lowest BCUT2D eigenvalue weighted by Gasteiger charge is -2.25. The first-order chi connectivity index (χ1) is 7.76. The summed E-state index contributed by atoms with van der Waals surface area (Å²) in [6.07, 6.45) is 0.317. The van der Waals surface area contributed by atoms with Crippen molar-refractivity contribution in [2.75, 3.05) is 27.1 Å². The summed E-state index contributed by atoms with van der Waals surface area (Å²) in [5, 5.41) is 0. The van der Waals surface area contributed by atoms with Gasteiger partial charge in [-0.15, -0.1) is 0 Å². The fraction of sp³-hybridized carbons (Fsp3) is 0.455. The van der Waals surface area contributed by atoms with Crippen LogP contribution in [-0.4, -0.2) is 35.9 Å². The Morgan fingerprint density at radius 2 is 1.69 bits per heavy atom. The van der Waals surface area contributed by atoms with Crippen LogP contribution in [0.5, 0.6) is 5.75 Å². The first-order valence-corrected chi connectivity index (χ1v) is 7.11. The van der Waals surface area contributed by atoms with Crippen molar-refractivity contribution in [3.63, 3.8) is 0 Å². The Morgan fingerprint density at radius 3 is 2.19 bits per heavy atom. The molecule has 0 amide bonds. The summed E-state index contributed by atoms with van der Waals surface area (Å²) in [5.41, 5.74) is 0. The average Bonchev–Trinajstić information content (AvgIpc) is 2.36. The summed E-state index contributed by atoms with van der Waals surface area (Å²) < 4.78 is 21.7. The van der Waals surface area contributed by atoms with Crippen molar-refractivity contribution in [3.05, 3.63) is 30.3 Å². The molecule has 0 bridgehead atoms. The van der Waals surface area contributed by atoms with E-state index in [0.29, 0.717) is 12.8 Å². The SMILES string of the molecule is CCO[Si](COc1ccccc1)(OC)OC. The van der Waals surface area contributed by atoms with E-state index in [0.717, 1.165) is 5.75 Å². The van der Waals surface area contributed by atoms with Gasteiger partial charge in [-0.3, -0.25) is 0 Å². The zero-order chi connectivity index (χ0) is 11.9. The molecule has 0 saturated carbocycles. The second-order valence-electron chi connectivity index (χ2n) is 3.13. The highest BCUT2D eigenvalue weighted by atomic mass is 28.4. The van der Waals surface area contributed by atoms with Gasteiger partial charge in [-0.1, -0.05) is 18.2 Å². The average molecular weight is 242 g/mol. The van der Waals surface area contributed by atoms with E-state index in [1.54, 1.807) is 14.2 Å². The second-order valence-corrected chi connectivity index (χ2v) is 5.89. The highest BCUT2D eigenvalue weighted by molar-refractivity contribution is 6.60. The molecular weight excluding hydrogens is 224 g/mol. The van der Waals surface area contributed by atoms with Crippen LogP contribution < -0.4 is 4.74 Å². The predicted octanol–water partition coefficient (Wildman–Crippen LogP) is 1.87. The van der Waals surface area contributed by atoms with E-state index in [4.69, 9.17) is 18.0 Å². The molecule has 0 spiro atoms. The van der Waals surface area contributed by atoms with Crippen molar-refractivity contribution in [1.29, 1.82) is 0 Å². The lowest BCUT2D eigenvalue weighted by Crippen LogP contribution is -2.50. The molecule has 0 saturated heterocycles. The second kappa shape index (κ2) is 6.65. The van der Waals surface area contributed by atoms with Crippen molar-refractivity contribution in [2.24, 2.45) is 0 Å². The zero-order valence-corrected chi connectivity index (χ0v) is 10.9. The van der Waals surface area contributed by atoms with Crippen LogP contribution in [0.2, 0.25) is 0 Å². The molecule has 0 aliphatic heterocycles. The van der Waals surface area contributed by atoms with Gasteiger partial charge in [-0.2, -0.15) is 0 Å². The fourth-order valence-electron chi connectivity index (χ4n) is 1.27. The maximum absolute atomic E-state index is 5.59. The topological polar surface area (TPSA) is 36.9 Å². The normalized spacial score (nSPS) is 11.4. The molecule has 0 fully saturated rings. The third-order valence-corrected chi connectivity index (χ3v) is 4.62. The first-order valence-electron chi connectivity index (χ1n) is 5.18. The van der Waals surface area contributed by atoms with Gasteiger partial charge < -0.3 is 18.0 Å². The Labute approximate surface area is 97.5 Å². The quantitative estimate of drug-likeness (QED) is 0.684. The molecule has 0 radical (unpaired) electrons. The number of hydrogen-bond acceptors (Lipinski definition) is 4. The molecule has 0 aliphatic carbocycles. The highest BCUT2D eigenvalue weighted by Gasteiger charge is 2.40. The molecule has 0 unspecified atom stereocenters. The smallest absolute Gasteiger partial charge is 0.489 e. The van der Waals surface area contributed by atoms with Gasteiger partial charge in [-0.05, 0) is 19.1 Å². The number of ether oxygens (including phenoxy) is 1. The number of rotatable bonds is 7. The van der Waals surface area contributed by atoms with E-state index in [1.807, 2.05) is 37.3 Å². The molecule has 0 aromatic heterocycles. The van der Waals surface area contributed by atoms with Gasteiger partial charge in [0.05, 0.1) is 0 Å². The number of hydrogen-bond donors (Lipinski definition) is 0. The lowest BCUT2D eigenvalue weighted by molar-refractivity contribution is 0.0832. The van der Waals surface area contributed by atoms with Crippen LogP contribution in [0.3, 0.4) is 0 Å². The molecule has 4 nitrogen and oxygen atoms in total. The summed E-state index contributed by atoms with van der Waals surface area (Å²) in [7, 11) is 0.518. The summed E-state index contributed by atoms with van der Waals surface area (Å²) in [6.45, 7) is 2.45. The molecule has 0 atom stereocenters. The van der Waals surface area contributed by atoms with E-state index in [9.17, 15) is 0 Å². The van der Waals surface area contributed by atoms with E-state index >= 15 is 0 Å². The maximum atomic E-state index is 5.59. The van der Waals surface area contributed by atoms with Crippen LogP contribution in [0.4, 0.5) is 0 Å². The molecule has 0 heterocycles. The molecule has 1 aromatic carbocycles. The van der Waals surface area contributed by atoms with Crippen molar-refractivity contribution in [3.8, 4) is 5.75 Å². The van der Waals surface area contributed by atoms with Crippen molar-refractivity contribution < 1.29 is 18.0 Å². The van der Waals surface area contributed by atoms with E-state index in [2.05, 4.69) is 0 Å². The molecule has 5 heteroatoms. The highest BCUT2D eigenvalue weighted by Crippen LogP contribution is 2.13. The number of para-hydroxylation sites is 1. The van der Waals surface area contributed by atoms with E-state index in [1.165, 1.54) is 0 Å². The molecule has 0 N–H and O–H groups in total. The van der Waals surface area contributed by atoms with Gasteiger partial charge in [0.2, 0.25) is 0 Å². The van der Waals surface area contributed by atoms with Crippen molar-refractivity contribution >= 4 is 8.80 Å². The molecule has 16 heavy (non-hydrogen) atoms. The Kier molecular flexibility index (Phi) is 5.48. The predicted molar refractivity (Wildman–Crippen MR) is 63.3 cm³/mol. The summed E-state index contributed by atoms with van der Waals surface area (Å²) >= 11 is 0. The standard InChI is InChI=1S/C11H18O4Si/c1-4-15-16(12-2,13-3)10-14-11-8-6-5-7-9-11/h5-9H,4,10H2,1-3H3. The minimum absolute atomic E-state index is 0.317. The molecular formula is C11H18O4Si. The summed E-state index contributed by atoms with van der Waals surface area (Å²) in [5.74, 6) is 0.785. The van der Waals surface area contributed by atoms with Crippen LogP contribution in [0.15, 0.2) is 30.3 Å². The van der Waals surface area contributed by atoms with Gasteiger partial charge in [0.1, 0.15) is 5.75 Å². The van der Waals surface area contributed by atoms with Gasteiger partial charge in [0.25, 0.3) is 0 Å². The largest absolute Gasteiger partial charge is 0.540 e. The maximum Gasteiger partial charge on any atom is 0.540 e. The Bertz CT molecular complexity index is 287. The van der Waals surface area contributed by atoms with Crippen LogP contribution in [0, 0.1) is 0 Å². The van der Waals surface area contributed by atoms with E-state index in [-0.39, 0.29) is 0 Å². The Hall–Kier alpha value is -0.883. The third-order valence-electron chi connectivity index (χ3n) is 2.15. The van der Waals surface area contributed by atoms with E-state index < -0.39 is 8.80 Å². The van der Waals surface area contributed by atoms with Crippen LogP contribution in [-0.2, 0) is 13.3 Å². The third kappa shape index (κ3) is 3.60. The minimum Gasteiger partial charge on any atom is -0.489 e. The van der Waals surface area contributed by atoms with Gasteiger partial charge in [0.15, 0.2) is 6.23 Å². The fourth-order valence-corrected chi connectivity index (χ4v) is 2.77. The molecule has 90 valence electrons. The van der Waals surface area contributed by atoms with Gasteiger partial charge in [-0.25, -0.2) is 0 Å². The van der Waals surface area contributed by atoms with Gasteiger partial charge in [0, 0.05) is 20.8 Å². The zero-order valence-electron chi connectivity index (χ0n) is 9.93. The van der Waals surface area contributed by atoms with Gasteiger partial charge >= 0.3 is 8.80 Å². The van der Waals surface area contributed by atoms with Crippen LogP contribution in [0.1, 0.15) is 6.92 Å². The van der Waals surface area contributed by atoms with Crippen molar-refractivity contribution in [1.82, 2.24) is 0 Å². The Morgan fingerprint density at radius 1 is 1.06 bits per heavy atom. The summed E-state index contributed by atoms with van der Waals surface area (Å²) in [4.78, 5) is 0. The minimum atomic E-state index is -2.65. The molecule has 0 aliphatic rings. The van der Waals surface area contributed by atoms with Crippen LogP contribution in [0.25, 0.3) is 0 Å². The molecule has 1 rings (SSSR count). The monoisotopic (exact) mass is 242 g/mol. The number of benzene rings is 1. The van der Waals surface area contributed by atoms with Crippen molar-refractivity contribution in [2.45, 2.75) is 6.92 Å². The summed E-state index contributed by atoms with van der Waals surface area (Å²) in [6, 6.07) is 9.54. The molecule has 1 aromatic rings.